The van der Waals surface area contributed by atoms with Crippen LogP contribution in [0.15, 0.2) is 81.1 Å². The Morgan fingerprint density at radius 1 is 0.971 bits per heavy atom. The van der Waals surface area contributed by atoms with Gasteiger partial charge in [-0.05, 0) is 70.1 Å². The Morgan fingerprint density at radius 2 is 1.76 bits per heavy atom. The summed E-state index contributed by atoms with van der Waals surface area (Å²) in [5.41, 5.74) is 3.91. The molecule has 68 heavy (non-hydrogen) atoms. The largest absolute Gasteiger partial charge is 0.458 e. The summed E-state index contributed by atoms with van der Waals surface area (Å²) in [4.78, 5) is 23.0. The molecule has 7 rings (SSSR count). The van der Waals surface area contributed by atoms with E-state index in [0.29, 0.717) is 68.6 Å². The first kappa shape index (κ1) is 51.8. The van der Waals surface area contributed by atoms with Crippen molar-refractivity contribution in [2.45, 2.75) is 191 Å². The SMILES string of the molecule is C=C1C[C@@H]2C[C@@H]3C[C@@H](O)C[C@@H](O3)c3coc(n3)/C=C/C[C@H]3O[C@@H](/C(C)=C/c4coc(C[C@]5(O)C[C@H](OC)C[C@H]([C@H](O)/C=C(C)/C=C/[C@@H](CCC)OC)O5)n4)[C@H](C)[C@@H](OC(=O)C=CC[C@@H](C1)O2)[C@H]3C. The molecular weight excluding hydrogens is 873 g/mol. The molecule has 0 unspecified atom stereocenters. The summed E-state index contributed by atoms with van der Waals surface area (Å²) in [5.74, 6) is -1.91. The Morgan fingerprint density at radius 3 is 2.54 bits per heavy atom. The monoisotopic (exact) mass is 947 g/mol. The van der Waals surface area contributed by atoms with E-state index in [1.807, 2.05) is 58.1 Å². The molecule has 2 aromatic rings. The van der Waals surface area contributed by atoms with Gasteiger partial charge in [-0.1, -0.05) is 75.3 Å². The number of fused-ring (bicyclic) bond motifs is 9. The van der Waals surface area contributed by atoms with Crippen molar-refractivity contribution in [1.29, 1.82) is 0 Å². The van der Waals surface area contributed by atoms with E-state index in [1.54, 1.807) is 32.6 Å². The maximum Gasteiger partial charge on any atom is 0.330 e. The normalized spacial score (nSPS) is 35.9. The average Bonchev–Trinajstić information content (AvgIpc) is 3.95. The molecule has 15 heteroatoms. The number of aliphatic hydroxyl groups excluding tert-OH is 2. The summed E-state index contributed by atoms with van der Waals surface area (Å²) in [6, 6.07) is 0. The molecule has 374 valence electrons. The number of allylic oxidation sites excluding steroid dienone is 2. The Balaban J connectivity index is 1.07. The van der Waals surface area contributed by atoms with Crippen LogP contribution in [0.1, 0.15) is 135 Å². The van der Waals surface area contributed by atoms with Crippen LogP contribution in [0.2, 0.25) is 0 Å². The van der Waals surface area contributed by atoms with Gasteiger partial charge in [0.05, 0.1) is 67.5 Å². The second-order valence-corrected chi connectivity index (χ2v) is 19.7. The molecule has 0 radical (unpaired) electrons. The number of methoxy groups -OCH3 is 2. The molecular formula is C53H74N2O13. The predicted molar refractivity (Wildman–Crippen MR) is 254 cm³/mol. The van der Waals surface area contributed by atoms with E-state index in [2.05, 4.69) is 13.5 Å². The summed E-state index contributed by atoms with van der Waals surface area (Å²) in [6.07, 6.45) is 19.1. The van der Waals surface area contributed by atoms with Crippen molar-refractivity contribution in [3.63, 3.8) is 0 Å². The van der Waals surface area contributed by atoms with Gasteiger partial charge in [0.15, 0.2) is 11.7 Å². The maximum atomic E-state index is 13.5. The zero-order chi connectivity index (χ0) is 48.5. The standard InChI is InChI=1S/C53H74N2O13/c1-9-12-38(60-7)18-17-31(2)21-44(57)47-26-42(61-8)27-53(59,68-47)28-49-54-36(29-62-49)22-33(4)51-35(6)52-34(5)45(66-51)14-11-15-48-55-43(30-63-48)46-24-37(56)23-41(65-46)25-40-20-32(3)19-39(64-40)13-10-16-50(58)67-52/h10-11,15-18,21-22,29-30,34-35,37-42,44-47,51-52,56-57,59H,3,9,12-14,19-20,23-28H2,1-2,4-8H3/b15-11+,16-10?,18-17+,31-21+,33-22+/t34-,35-,37+,38+,39-,40+,41-,42+,44+,45+,46+,47+,51-,52-,53-/m0/s1. The van der Waals surface area contributed by atoms with Crippen molar-refractivity contribution in [3.8, 4) is 0 Å². The minimum absolute atomic E-state index is 0.0138. The van der Waals surface area contributed by atoms with Gasteiger partial charge in [0.25, 0.3) is 0 Å². The van der Waals surface area contributed by atoms with E-state index < -0.39 is 48.4 Å². The molecule has 15 nitrogen and oxygen atoms in total. The van der Waals surface area contributed by atoms with Gasteiger partial charge in [-0.3, -0.25) is 0 Å². The third-order valence-corrected chi connectivity index (χ3v) is 14.0. The summed E-state index contributed by atoms with van der Waals surface area (Å²) in [7, 11) is 3.26. The lowest BCUT2D eigenvalue weighted by atomic mass is 9.79. The van der Waals surface area contributed by atoms with Gasteiger partial charge in [-0.2, -0.15) is 0 Å². The van der Waals surface area contributed by atoms with E-state index in [-0.39, 0.29) is 67.2 Å². The first-order valence-electron chi connectivity index (χ1n) is 24.5. The smallest absolute Gasteiger partial charge is 0.330 e. The van der Waals surface area contributed by atoms with Gasteiger partial charge in [0, 0.05) is 57.8 Å². The van der Waals surface area contributed by atoms with E-state index >= 15 is 0 Å². The molecule has 0 amide bonds. The van der Waals surface area contributed by atoms with Crippen molar-refractivity contribution >= 4 is 18.1 Å². The van der Waals surface area contributed by atoms with Gasteiger partial charge in [0.2, 0.25) is 5.89 Å². The molecule has 8 bridgehead atoms. The molecule has 2 aromatic heterocycles. The van der Waals surface area contributed by atoms with Crippen LogP contribution in [0, 0.1) is 11.8 Å². The molecule has 0 saturated carbocycles. The number of hydrogen-bond acceptors (Lipinski definition) is 15. The Kier molecular flexibility index (Phi) is 18.1. The molecule has 4 fully saturated rings. The maximum absolute atomic E-state index is 13.5. The molecule has 0 aliphatic carbocycles. The van der Waals surface area contributed by atoms with Gasteiger partial charge in [-0.15, -0.1) is 0 Å². The fraction of sp³-hybridized carbons (Fsp3) is 0.642. The van der Waals surface area contributed by atoms with E-state index in [4.69, 9.17) is 52.0 Å². The molecule has 15 atom stereocenters. The highest BCUT2D eigenvalue weighted by Gasteiger charge is 2.45. The van der Waals surface area contributed by atoms with Crippen LogP contribution in [-0.4, -0.2) is 118 Å². The van der Waals surface area contributed by atoms with E-state index in [0.717, 1.165) is 29.6 Å². The number of esters is 1. The van der Waals surface area contributed by atoms with E-state index in [1.165, 1.54) is 12.3 Å². The average molecular weight is 947 g/mol. The van der Waals surface area contributed by atoms with Crippen molar-refractivity contribution in [2.24, 2.45) is 11.8 Å². The minimum Gasteiger partial charge on any atom is -0.458 e. The number of nitrogens with zero attached hydrogens (tertiary/aromatic N) is 2. The molecule has 3 N–H and O–H groups in total. The topological polar surface area (TPSA) is 194 Å². The number of aromatic nitrogens is 2. The third kappa shape index (κ3) is 13.8. The van der Waals surface area contributed by atoms with Crippen LogP contribution in [0.25, 0.3) is 12.2 Å². The summed E-state index contributed by atoms with van der Waals surface area (Å²) < 4.78 is 55.2. The van der Waals surface area contributed by atoms with Gasteiger partial charge < -0.3 is 57.3 Å². The number of rotatable bonds is 12. The van der Waals surface area contributed by atoms with Crippen LogP contribution in [0.5, 0.6) is 0 Å². The van der Waals surface area contributed by atoms with Gasteiger partial charge >= 0.3 is 5.97 Å². The molecule has 5 aliphatic heterocycles. The highest BCUT2D eigenvalue weighted by molar-refractivity contribution is 5.82. The third-order valence-electron chi connectivity index (χ3n) is 14.0. The lowest BCUT2D eigenvalue weighted by Crippen LogP contribution is -2.51. The number of carbonyl (C=O) groups excluding carboxylic acids is 1. The molecule has 0 spiro atoms. The zero-order valence-electron chi connectivity index (χ0n) is 40.9. The quantitative estimate of drug-likeness (QED) is 0.104. The molecule has 7 heterocycles. The fourth-order valence-corrected chi connectivity index (χ4v) is 10.5. The summed E-state index contributed by atoms with van der Waals surface area (Å²) in [5, 5.41) is 33.9. The molecule has 5 aliphatic rings. The highest BCUT2D eigenvalue weighted by Crippen LogP contribution is 2.40. The Labute approximate surface area is 401 Å². The highest BCUT2D eigenvalue weighted by atomic mass is 16.6. The number of oxazole rings is 2. The predicted octanol–water partition coefficient (Wildman–Crippen LogP) is 8.26. The van der Waals surface area contributed by atoms with Crippen LogP contribution in [0.4, 0.5) is 0 Å². The van der Waals surface area contributed by atoms with Gasteiger partial charge in [-0.25, -0.2) is 14.8 Å². The first-order valence-corrected chi connectivity index (χ1v) is 24.5. The van der Waals surface area contributed by atoms with Gasteiger partial charge in [0.1, 0.15) is 36.1 Å². The van der Waals surface area contributed by atoms with Crippen molar-refractivity contribution < 1.29 is 62.1 Å². The molecule has 4 saturated heterocycles. The number of ether oxygens (including phenoxy) is 7. The van der Waals surface area contributed by atoms with Crippen LogP contribution in [-0.2, 0) is 44.4 Å². The lowest BCUT2D eigenvalue weighted by molar-refractivity contribution is -0.286. The van der Waals surface area contributed by atoms with E-state index in [9.17, 15) is 20.1 Å². The number of aliphatic hydroxyl groups is 3. The minimum atomic E-state index is -1.72. The van der Waals surface area contributed by atoms with Crippen LogP contribution >= 0.6 is 0 Å². The summed E-state index contributed by atoms with van der Waals surface area (Å²) >= 11 is 0. The number of hydrogen-bond donors (Lipinski definition) is 3. The van der Waals surface area contributed by atoms with Crippen molar-refractivity contribution in [1.82, 2.24) is 9.97 Å². The van der Waals surface area contributed by atoms with Crippen molar-refractivity contribution in [3.05, 3.63) is 95.4 Å². The summed E-state index contributed by atoms with van der Waals surface area (Å²) in [6.45, 7) is 14.3. The Bertz CT molecular complexity index is 2140. The molecule has 0 aromatic carbocycles. The second kappa shape index (κ2) is 23.7. The first-order chi connectivity index (χ1) is 32.6. The fourth-order valence-electron chi connectivity index (χ4n) is 10.5. The lowest BCUT2D eigenvalue weighted by Gasteiger charge is -2.44. The van der Waals surface area contributed by atoms with Crippen molar-refractivity contribution in [2.75, 3.05) is 14.2 Å². The zero-order valence-corrected chi connectivity index (χ0v) is 40.9. The second-order valence-electron chi connectivity index (χ2n) is 19.7. The van der Waals surface area contributed by atoms with Crippen LogP contribution in [0.3, 0.4) is 0 Å². The Hall–Kier alpha value is -4.03. The number of carbonyl (C=O) groups is 1. The van der Waals surface area contributed by atoms with Crippen LogP contribution < -0.4 is 0 Å².